The molecule has 2 rings (SSSR count). The first kappa shape index (κ1) is 7.53. The Hall–Kier alpha value is -0.120. The number of hydrogen-bond donors (Lipinski definition) is 1. The number of rotatable bonds is 1. The van der Waals surface area contributed by atoms with Crippen molar-refractivity contribution in [1.29, 1.82) is 0 Å². The Morgan fingerprint density at radius 3 is 2.91 bits per heavy atom. The maximum atomic E-state index is 5.43. The lowest BCUT2D eigenvalue weighted by Crippen LogP contribution is -2.57. The van der Waals surface area contributed by atoms with E-state index in [1.165, 1.54) is 13.0 Å². The zero-order chi connectivity index (χ0) is 7.68. The fraction of sp³-hybridized carbons (Fsp3) is 1.00. The Bertz CT molecular complexity index is 136. The summed E-state index contributed by atoms with van der Waals surface area (Å²) in [7, 11) is 2.17. The second-order valence-electron chi connectivity index (χ2n) is 3.52. The van der Waals surface area contributed by atoms with Crippen LogP contribution in [0.3, 0.4) is 0 Å². The largest absolute Gasteiger partial charge is 0.376 e. The van der Waals surface area contributed by atoms with Crippen molar-refractivity contribution < 1.29 is 4.74 Å². The molecular formula is C8H16N2O. The van der Waals surface area contributed by atoms with Crippen LogP contribution in [0.4, 0.5) is 0 Å². The van der Waals surface area contributed by atoms with Crippen molar-refractivity contribution in [3.05, 3.63) is 0 Å². The fourth-order valence-corrected chi connectivity index (χ4v) is 1.75. The molecule has 3 nitrogen and oxygen atoms in total. The molecule has 0 bridgehead atoms. The zero-order valence-corrected chi connectivity index (χ0v) is 7.05. The van der Waals surface area contributed by atoms with Gasteiger partial charge in [-0.1, -0.05) is 0 Å². The van der Waals surface area contributed by atoms with Crippen molar-refractivity contribution >= 4 is 0 Å². The second kappa shape index (κ2) is 3.09. The number of nitrogens with zero attached hydrogens (tertiary/aromatic N) is 1. The lowest BCUT2D eigenvalue weighted by Gasteiger charge is -2.39. The van der Waals surface area contributed by atoms with Gasteiger partial charge in [0.2, 0.25) is 0 Å². The Balaban J connectivity index is 1.82. The van der Waals surface area contributed by atoms with Crippen molar-refractivity contribution in [2.75, 3.05) is 33.3 Å². The van der Waals surface area contributed by atoms with Gasteiger partial charge in [0, 0.05) is 32.3 Å². The second-order valence-corrected chi connectivity index (χ2v) is 3.52. The molecule has 2 saturated heterocycles. The molecule has 2 fully saturated rings. The summed E-state index contributed by atoms with van der Waals surface area (Å²) >= 11 is 0. The van der Waals surface area contributed by atoms with E-state index >= 15 is 0 Å². The number of likely N-dealkylation sites (N-methyl/N-ethyl adjacent to an activating group) is 1. The summed E-state index contributed by atoms with van der Waals surface area (Å²) in [6.07, 6.45) is 1.74. The number of nitrogens with one attached hydrogen (secondary N) is 1. The SMILES string of the molecule is CN1CCNC(C2CCO2)C1. The third kappa shape index (κ3) is 1.55. The van der Waals surface area contributed by atoms with E-state index in [0.717, 1.165) is 19.7 Å². The smallest absolute Gasteiger partial charge is 0.0762 e. The van der Waals surface area contributed by atoms with Gasteiger partial charge in [-0.15, -0.1) is 0 Å². The van der Waals surface area contributed by atoms with E-state index in [-0.39, 0.29) is 0 Å². The first-order valence-electron chi connectivity index (χ1n) is 4.40. The molecule has 2 aliphatic rings. The minimum absolute atomic E-state index is 0.498. The predicted molar refractivity (Wildman–Crippen MR) is 43.6 cm³/mol. The van der Waals surface area contributed by atoms with Crippen LogP contribution in [0.25, 0.3) is 0 Å². The van der Waals surface area contributed by atoms with Crippen molar-refractivity contribution in [3.8, 4) is 0 Å². The van der Waals surface area contributed by atoms with E-state index in [2.05, 4.69) is 17.3 Å². The van der Waals surface area contributed by atoms with Crippen molar-refractivity contribution in [1.82, 2.24) is 10.2 Å². The topological polar surface area (TPSA) is 24.5 Å². The molecule has 0 amide bonds. The Morgan fingerprint density at radius 1 is 1.55 bits per heavy atom. The van der Waals surface area contributed by atoms with Crippen molar-refractivity contribution in [3.63, 3.8) is 0 Å². The Morgan fingerprint density at radius 2 is 2.36 bits per heavy atom. The minimum Gasteiger partial charge on any atom is -0.376 e. The number of hydrogen-bond acceptors (Lipinski definition) is 3. The highest BCUT2D eigenvalue weighted by Gasteiger charge is 2.30. The molecule has 11 heavy (non-hydrogen) atoms. The predicted octanol–water partition coefficient (Wildman–Crippen LogP) is -0.321. The fourth-order valence-electron chi connectivity index (χ4n) is 1.75. The molecule has 0 aliphatic carbocycles. The van der Waals surface area contributed by atoms with Crippen LogP contribution >= 0.6 is 0 Å². The van der Waals surface area contributed by atoms with E-state index in [0.29, 0.717) is 12.1 Å². The molecule has 2 aliphatic heterocycles. The zero-order valence-electron chi connectivity index (χ0n) is 7.05. The average molecular weight is 156 g/mol. The summed E-state index contributed by atoms with van der Waals surface area (Å²) in [4.78, 5) is 2.36. The van der Waals surface area contributed by atoms with Gasteiger partial charge in [0.25, 0.3) is 0 Å². The molecule has 1 N–H and O–H groups in total. The molecule has 64 valence electrons. The van der Waals surface area contributed by atoms with Crippen LogP contribution in [0, 0.1) is 0 Å². The van der Waals surface area contributed by atoms with Crippen LogP contribution in [0.5, 0.6) is 0 Å². The highest BCUT2D eigenvalue weighted by molar-refractivity contribution is 4.87. The summed E-state index contributed by atoms with van der Waals surface area (Å²) in [5.41, 5.74) is 0. The Labute approximate surface area is 67.7 Å². The van der Waals surface area contributed by atoms with E-state index in [1.54, 1.807) is 0 Å². The Kier molecular flexibility index (Phi) is 2.11. The van der Waals surface area contributed by atoms with Gasteiger partial charge < -0.3 is 15.0 Å². The van der Waals surface area contributed by atoms with Crippen LogP contribution in [0.1, 0.15) is 6.42 Å². The maximum Gasteiger partial charge on any atom is 0.0762 e. The molecular weight excluding hydrogens is 140 g/mol. The summed E-state index contributed by atoms with van der Waals surface area (Å²) in [6.45, 7) is 4.39. The van der Waals surface area contributed by atoms with E-state index in [1.807, 2.05) is 0 Å². The molecule has 0 saturated carbocycles. The number of piperazine rings is 1. The van der Waals surface area contributed by atoms with Gasteiger partial charge in [-0.2, -0.15) is 0 Å². The van der Waals surface area contributed by atoms with Gasteiger partial charge >= 0.3 is 0 Å². The van der Waals surface area contributed by atoms with Crippen LogP contribution in [-0.4, -0.2) is 50.3 Å². The van der Waals surface area contributed by atoms with Gasteiger partial charge in [-0.25, -0.2) is 0 Å². The molecule has 0 aromatic heterocycles. The quantitative estimate of drug-likeness (QED) is 0.563. The number of ether oxygens (including phenoxy) is 1. The lowest BCUT2D eigenvalue weighted by molar-refractivity contribution is -0.0798. The molecule has 2 unspecified atom stereocenters. The average Bonchev–Trinajstić information content (AvgIpc) is 1.83. The molecule has 0 aromatic rings. The van der Waals surface area contributed by atoms with Gasteiger partial charge in [0.15, 0.2) is 0 Å². The first-order chi connectivity index (χ1) is 5.36. The first-order valence-corrected chi connectivity index (χ1v) is 4.40. The summed E-state index contributed by atoms with van der Waals surface area (Å²) in [5.74, 6) is 0. The third-order valence-electron chi connectivity index (χ3n) is 2.59. The van der Waals surface area contributed by atoms with Crippen LogP contribution in [-0.2, 0) is 4.74 Å². The molecule has 0 radical (unpaired) electrons. The monoisotopic (exact) mass is 156 g/mol. The van der Waals surface area contributed by atoms with E-state index in [9.17, 15) is 0 Å². The van der Waals surface area contributed by atoms with Crippen molar-refractivity contribution in [2.45, 2.75) is 18.6 Å². The molecule has 0 aromatic carbocycles. The molecule has 2 heterocycles. The normalized spacial score (nSPS) is 40.1. The van der Waals surface area contributed by atoms with Gasteiger partial charge in [0.05, 0.1) is 6.10 Å². The lowest BCUT2D eigenvalue weighted by atomic mass is 10.0. The van der Waals surface area contributed by atoms with Crippen LogP contribution in [0.2, 0.25) is 0 Å². The standard InChI is InChI=1S/C8H16N2O/c1-10-4-3-9-7(6-10)8-2-5-11-8/h7-9H,2-6H2,1H3. The highest BCUT2D eigenvalue weighted by atomic mass is 16.5. The van der Waals surface area contributed by atoms with E-state index in [4.69, 9.17) is 4.74 Å². The van der Waals surface area contributed by atoms with E-state index < -0.39 is 0 Å². The summed E-state index contributed by atoms with van der Waals surface area (Å²) in [5, 5.41) is 3.48. The van der Waals surface area contributed by atoms with Crippen LogP contribution in [0.15, 0.2) is 0 Å². The molecule has 2 atom stereocenters. The minimum atomic E-state index is 0.498. The molecule has 0 spiro atoms. The van der Waals surface area contributed by atoms with Gasteiger partial charge in [-0.3, -0.25) is 0 Å². The molecule has 3 heteroatoms. The van der Waals surface area contributed by atoms with Gasteiger partial charge in [-0.05, 0) is 13.5 Å². The van der Waals surface area contributed by atoms with Crippen LogP contribution < -0.4 is 5.32 Å². The van der Waals surface area contributed by atoms with Gasteiger partial charge in [0.1, 0.15) is 0 Å². The summed E-state index contributed by atoms with van der Waals surface area (Å²) in [6, 6.07) is 0.586. The summed E-state index contributed by atoms with van der Waals surface area (Å²) < 4.78 is 5.43. The highest BCUT2D eigenvalue weighted by Crippen LogP contribution is 2.16. The van der Waals surface area contributed by atoms with Crippen molar-refractivity contribution in [2.24, 2.45) is 0 Å². The third-order valence-corrected chi connectivity index (χ3v) is 2.59. The maximum absolute atomic E-state index is 5.43.